The number of likely N-dealkylation sites (tertiary alicyclic amines) is 1. The number of rotatable bonds is 5. The highest BCUT2D eigenvalue weighted by molar-refractivity contribution is 5.76. The average Bonchev–Trinajstić information content (AvgIpc) is 2.59. The van der Waals surface area contributed by atoms with Crippen molar-refractivity contribution >= 4 is 11.9 Å². The maximum Gasteiger partial charge on any atom is 0.317 e. The van der Waals surface area contributed by atoms with Crippen molar-refractivity contribution in [1.82, 2.24) is 15.5 Å². The first kappa shape index (κ1) is 19.3. The Kier molecular flexibility index (Phi) is 6.45. The zero-order valence-electron chi connectivity index (χ0n) is 15.8. The Morgan fingerprint density at radius 2 is 1.96 bits per heavy atom. The van der Waals surface area contributed by atoms with E-state index in [1.807, 2.05) is 23.1 Å². The van der Waals surface area contributed by atoms with Gasteiger partial charge in [-0.05, 0) is 24.8 Å². The number of carbonyl (C=O) groups excluding carboxylic acids is 2. The lowest BCUT2D eigenvalue weighted by Crippen LogP contribution is -2.56. The van der Waals surface area contributed by atoms with E-state index in [1.54, 1.807) is 0 Å². The third kappa shape index (κ3) is 4.97. The Hall–Kier alpha value is -2.04. The third-order valence-electron chi connectivity index (χ3n) is 5.21. The minimum absolute atomic E-state index is 0.0362. The van der Waals surface area contributed by atoms with Crippen LogP contribution in [0, 0.1) is 0 Å². The van der Waals surface area contributed by atoms with Gasteiger partial charge in [-0.3, -0.25) is 4.79 Å². The van der Waals surface area contributed by atoms with Gasteiger partial charge in [0.05, 0.1) is 0 Å². The molecule has 1 aromatic rings. The molecule has 0 bridgehead atoms. The lowest BCUT2D eigenvalue weighted by Gasteiger charge is -2.38. The van der Waals surface area contributed by atoms with E-state index in [0.717, 1.165) is 25.8 Å². The van der Waals surface area contributed by atoms with Gasteiger partial charge in [0.15, 0.2) is 0 Å². The number of piperidine rings is 1. The number of urea groups is 1. The molecule has 1 aliphatic heterocycles. The van der Waals surface area contributed by atoms with Crippen LogP contribution in [-0.2, 0) is 10.2 Å². The molecule has 0 spiro atoms. The fourth-order valence-corrected chi connectivity index (χ4v) is 3.67. The largest absolute Gasteiger partial charge is 0.352 e. The van der Waals surface area contributed by atoms with Crippen molar-refractivity contribution in [2.45, 2.75) is 64.5 Å². The van der Waals surface area contributed by atoms with E-state index < -0.39 is 0 Å². The summed E-state index contributed by atoms with van der Waals surface area (Å²) < 4.78 is 0. The normalized spacial score (nSPS) is 19.2. The predicted molar refractivity (Wildman–Crippen MR) is 100 cm³/mol. The quantitative estimate of drug-likeness (QED) is 0.861. The molecule has 0 aliphatic carbocycles. The summed E-state index contributed by atoms with van der Waals surface area (Å²) in [7, 11) is 0. The van der Waals surface area contributed by atoms with Crippen molar-refractivity contribution in [2.75, 3.05) is 13.1 Å². The number of hydrogen-bond donors (Lipinski definition) is 2. The minimum atomic E-state index is -0.154. The van der Waals surface area contributed by atoms with Crippen molar-refractivity contribution in [3.05, 3.63) is 35.9 Å². The standard InChI is InChI=1S/C20H31N3O2/c1-5-18(20(3,4)16-10-7-6-8-11-16)22-19(25)23-13-9-12-17(14-23)21-15(2)24/h6-8,10-11,17-18H,5,9,12-14H2,1-4H3,(H,21,24)(H,22,25)/t17-,18+/m0/s1. The van der Waals surface area contributed by atoms with Crippen LogP contribution < -0.4 is 10.6 Å². The van der Waals surface area contributed by atoms with E-state index in [4.69, 9.17) is 0 Å². The SMILES string of the molecule is CC[C@@H](NC(=O)N1CCC[C@H](NC(C)=O)C1)C(C)(C)c1ccccc1. The Labute approximate surface area is 151 Å². The van der Waals surface area contributed by atoms with Crippen molar-refractivity contribution < 1.29 is 9.59 Å². The highest BCUT2D eigenvalue weighted by Gasteiger charge is 2.33. The molecule has 1 saturated heterocycles. The van der Waals surface area contributed by atoms with Crippen LogP contribution in [-0.4, -0.2) is 42.0 Å². The Morgan fingerprint density at radius 1 is 1.28 bits per heavy atom. The van der Waals surface area contributed by atoms with Crippen LogP contribution >= 0.6 is 0 Å². The van der Waals surface area contributed by atoms with E-state index in [2.05, 4.69) is 43.5 Å². The molecular formula is C20H31N3O2. The molecule has 138 valence electrons. The molecule has 1 heterocycles. The van der Waals surface area contributed by atoms with Gasteiger partial charge < -0.3 is 15.5 Å². The number of hydrogen-bond acceptors (Lipinski definition) is 2. The molecule has 2 rings (SSSR count). The van der Waals surface area contributed by atoms with Crippen LogP contribution in [0.25, 0.3) is 0 Å². The Bertz CT molecular complexity index is 586. The fraction of sp³-hybridized carbons (Fsp3) is 0.600. The number of nitrogens with zero attached hydrogens (tertiary/aromatic N) is 1. The van der Waals surface area contributed by atoms with Crippen LogP contribution in [0.5, 0.6) is 0 Å². The lowest BCUT2D eigenvalue weighted by molar-refractivity contribution is -0.119. The molecule has 1 aliphatic rings. The summed E-state index contributed by atoms with van der Waals surface area (Å²) in [6, 6.07) is 10.4. The second kappa shape index (κ2) is 8.37. The first-order valence-electron chi connectivity index (χ1n) is 9.22. The van der Waals surface area contributed by atoms with Crippen LogP contribution in [0.4, 0.5) is 4.79 Å². The van der Waals surface area contributed by atoms with Crippen molar-refractivity contribution in [3.63, 3.8) is 0 Å². The second-order valence-electron chi connectivity index (χ2n) is 7.48. The van der Waals surface area contributed by atoms with Crippen LogP contribution in [0.1, 0.15) is 52.5 Å². The van der Waals surface area contributed by atoms with Crippen LogP contribution in [0.3, 0.4) is 0 Å². The lowest BCUT2D eigenvalue weighted by atomic mass is 9.76. The van der Waals surface area contributed by atoms with E-state index in [-0.39, 0.29) is 29.4 Å². The number of amides is 3. The number of carbonyl (C=O) groups is 2. The minimum Gasteiger partial charge on any atom is -0.352 e. The van der Waals surface area contributed by atoms with E-state index >= 15 is 0 Å². The molecule has 25 heavy (non-hydrogen) atoms. The molecule has 0 saturated carbocycles. The molecular weight excluding hydrogens is 314 g/mol. The molecule has 3 amide bonds. The Morgan fingerprint density at radius 3 is 2.56 bits per heavy atom. The summed E-state index contributed by atoms with van der Waals surface area (Å²) >= 11 is 0. The number of benzene rings is 1. The molecule has 2 atom stereocenters. The first-order chi connectivity index (χ1) is 11.8. The van der Waals surface area contributed by atoms with Gasteiger partial charge >= 0.3 is 6.03 Å². The van der Waals surface area contributed by atoms with Crippen LogP contribution in [0.2, 0.25) is 0 Å². The summed E-state index contributed by atoms with van der Waals surface area (Å²) in [5.74, 6) is -0.0381. The highest BCUT2D eigenvalue weighted by atomic mass is 16.2. The van der Waals surface area contributed by atoms with E-state index in [9.17, 15) is 9.59 Å². The number of nitrogens with one attached hydrogen (secondary N) is 2. The summed E-state index contributed by atoms with van der Waals surface area (Å²) in [6.45, 7) is 9.29. The van der Waals surface area contributed by atoms with Gasteiger partial charge in [0, 0.05) is 37.5 Å². The van der Waals surface area contributed by atoms with E-state index in [0.29, 0.717) is 6.54 Å². The summed E-state index contributed by atoms with van der Waals surface area (Å²) in [5, 5.41) is 6.15. The molecule has 5 heteroatoms. The van der Waals surface area contributed by atoms with Gasteiger partial charge in [-0.2, -0.15) is 0 Å². The topological polar surface area (TPSA) is 61.4 Å². The molecule has 1 fully saturated rings. The van der Waals surface area contributed by atoms with Gasteiger partial charge in [0.1, 0.15) is 0 Å². The van der Waals surface area contributed by atoms with Gasteiger partial charge in [-0.15, -0.1) is 0 Å². The van der Waals surface area contributed by atoms with Crippen molar-refractivity contribution in [3.8, 4) is 0 Å². The summed E-state index contributed by atoms with van der Waals surface area (Å²) in [4.78, 5) is 25.9. The maximum absolute atomic E-state index is 12.8. The van der Waals surface area contributed by atoms with Gasteiger partial charge in [-0.1, -0.05) is 51.1 Å². The monoisotopic (exact) mass is 345 g/mol. The molecule has 1 aromatic carbocycles. The van der Waals surface area contributed by atoms with Crippen molar-refractivity contribution in [2.24, 2.45) is 0 Å². The second-order valence-corrected chi connectivity index (χ2v) is 7.48. The average molecular weight is 345 g/mol. The zero-order chi connectivity index (χ0) is 18.4. The van der Waals surface area contributed by atoms with Gasteiger partial charge in [0.2, 0.25) is 5.91 Å². The highest BCUT2D eigenvalue weighted by Crippen LogP contribution is 2.29. The fourth-order valence-electron chi connectivity index (χ4n) is 3.67. The molecule has 0 unspecified atom stereocenters. The summed E-state index contributed by atoms with van der Waals surface area (Å²) in [5.41, 5.74) is 1.07. The third-order valence-corrected chi connectivity index (χ3v) is 5.21. The molecule has 0 radical (unpaired) electrons. The molecule has 5 nitrogen and oxygen atoms in total. The summed E-state index contributed by atoms with van der Waals surface area (Å²) in [6.07, 6.45) is 2.70. The maximum atomic E-state index is 12.8. The zero-order valence-corrected chi connectivity index (χ0v) is 15.8. The Balaban J connectivity index is 2.03. The molecule has 2 N–H and O–H groups in total. The van der Waals surface area contributed by atoms with E-state index in [1.165, 1.54) is 12.5 Å². The predicted octanol–water partition coefficient (Wildman–Crippen LogP) is 3.05. The van der Waals surface area contributed by atoms with Crippen LogP contribution in [0.15, 0.2) is 30.3 Å². The van der Waals surface area contributed by atoms with Gasteiger partial charge in [0.25, 0.3) is 0 Å². The smallest absolute Gasteiger partial charge is 0.317 e. The molecule has 0 aromatic heterocycles. The van der Waals surface area contributed by atoms with Crippen molar-refractivity contribution in [1.29, 1.82) is 0 Å². The first-order valence-corrected chi connectivity index (χ1v) is 9.22. The van der Waals surface area contributed by atoms with Gasteiger partial charge in [-0.25, -0.2) is 4.79 Å².